The molecule has 16 heavy (non-hydrogen) atoms. The van der Waals surface area contributed by atoms with E-state index in [1.54, 1.807) is 0 Å². The smallest absolute Gasteiger partial charge is 0.0587 e. The van der Waals surface area contributed by atoms with Gasteiger partial charge in [-0.1, -0.05) is 43.7 Å². The van der Waals surface area contributed by atoms with E-state index in [0.29, 0.717) is 6.04 Å². The molecule has 0 saturated carbocycles. The van der Waals surface area contributed by atoms with Crippen molar-refractivity contribution in [2.24, 2.45) is 0 Å². The standard InChI is InChI=1S/C14H23NO/c1-3-7-12(2)15-14(11-16)10-13-8-5-4-6-9-13/h4-6,8-9,12,14-16H,3,7,10-11H2,1-2H3/t12?,14-/m1/s1. The van der Waals surface area contributed by atoms with E-state index in [0.717, 1.165) is 12.8 Å². The molecule has 2 N–H and O–H groups in total. The van der Waals surface area contributed by atoms with Crippen LogP contribution < -0.4 is 5.32 Å². The molecule has 0 spiro atoms. The zero-order valence-corrected chi connectivity index (χ0v) is 10.3. The Morgan fingerprint density at radius 3 is 2.50 bits per heavy atom. The van der Waals surface area contributed by atoms with E-state index in [4.69, 9.17) is 0 Å². The number of benzene rings is 1. The van der Waals surface area contributed by atoms with Crippen LogP contribution in [-0.4, -0.2) is 23.8 Å². The summed E-state index contributed by atoms with van der Waals surface area (Å²) in [6.45, 7) is 4.56. The van der Waals surface area contributed by atoms with Gasteiger partial charge in [-0.2, -0.15) is 0 Å². The summed E-state index contributed by atoms with van der Waals surface area (Å²) in [6.07, 6.45) is 3.23. The van der Waals surface area contributed by atoms with Crippen molar-refractivity contribution in [3.05, 3.63) is 35.9 Å². The lowest BCUT2D eigenvalue weighted by molar-refractivity contribution is 0.230. The third-order valence-corrected chi connectivity index (χ3v) is 2.79. The number of aliphatic hydroxyl groups is 1. The maximum absolute atomic E-state index is 9.34. The predicted molar refractivity (Wildman–Crippen MR) is 68.5 cm³/mol. The van der Waals surface area contributed by atoms with Crippen LogP contribution in [0.5, 0.6) is 0 Å². The van der Waals surface area contributed by atoms with Gasteiger partial charge < -0.3 is 10.4 Å². The van der Waals surface area contributed by atoms with Crippen LogP contribution >= 0.6 is 0 Å². The quantitative estimate of drug-likeness (QED) is 0.741. The molecule has 0 bridgehead atoms. The minimum atomic E-state index is 0.170. The number of hydrogen-bond acceptors (Lipinski definition) is 2. The molecule has 1 rings (SSSR count). The van der Waals surface area contributed by atoms with Crippen LogP contribution in [0, 0.1) is 0 Å². The zero-order valence-electron chi connectivity index (χ0n) is 10.3. The lowest BCUT2D eigenvalue weighted by Gasteiger charge is -2.21. The van der Waals surface area contributed by atoms with Crippen molar-refractivity contribution >= 4 is 0 Å². The first-order valence-corrected chi connectivity index (χ1v) is 6.17. The van der Waals surface area contributed by atoms with Gasteiger partial charge in [0.25, 0.3) is 0 Å². The maximum Gasteiger partial charge on any atom is 0.0587 e. The van der Waals surface area contributed by atoms with Crippen LogP contribution in [0.1, 0.15) is 32.3 Å². The van der Waals surface area contributed by atoms with Gasteiger partial charge in [0.05, 0.1) is 6.61 Å². The highest BCUT2D eigenvalue weighted by Crippen LogP contribution is 2.05. The Hall–Kier alpha value is -0.860. The van der Waals surface area contributed by atoms with Crippen LogP contribution in [-0.2, 0) is 6.42 Å². The summed E-state index contributed by atoms with van der Waals surface area (Å²) in [5.41, 5.74) is 1.28. The van der Waals surface area contributed by atoms with Crippen LogP contribution in [0.3, 0.4) is 0 Å². The first-order valence-electron chi connectivity index (χ1n) is 6.17. The largest absolute Gasteiger partial charge is 0.395 e. The lowest BCUT2D eigenvalue weighted by atomic mass is 10.0. The molecule has 0 fully saturated rings. The van der Waals surface area contributed by atoms with Crippen molar-refractivity contribution < 1.29 is 5.11 Å². The number of nitrogens with one attached hydrogen (secondary N) is 1. The predicted octanol–water partition coefficient (Wildman–Crippen LogP) is 2.37. The highest BCUT2D eigenvalue weighted by Gasteiger charge is 2.10. The molecule has 2 nitrogen and oxygen atoms in total. The number of rotatable bonds is 7. The molecule has 0 aromatic heterocycles. The van der Waals surface area contributed by atoms with E-state index in [1.165, 1.54) is 12.0 Å². The first kappa shape index (κ1) is 13.2. The lowest BCUT2D eigenvalue weighted by Crippen LogP contribution is -2.40. The normalized spacial score (nSPS) is 14.7. The molecule has 0 radical (unpaired) electrons. The summed E-state index contributed by atoms with van der Waals surface area (Å²) in [5.74, 6) is 0. The Morgan fingerprint density at radius 2 is 1.94 bits per heavy atom. The molecule has 0 amide bonds. The van der Waals surface area contributed by atoms with Crippen molar-refractivity contribution in [1.82, 2.24) is 5.32 Å². The third kappa shape index (κ3) is 4.77. The molecule has 2 atom stereocenters. The van der Waals surface area contributed by atoms with E-state index < -0.39 is 0 Å². The topological polar surface area (TPSA) is 32.3 Å². The van der Waals surface area contributed by atoms with Crippen LogP contribution in [0.25, 0.3) is 0 Å². The van der Waals surface area contributed by atoms with Gasteiger partial charge in [-0.25, -0.2) is 0 Å². The highest BCUT2D eigenvalue weighted by atomic mass is 16.3. The average Bonchev–Trinajstić information content (AvgIpc) is 2.30. The van der Waals surface area contributed by atoms with Crippen molar-refractivity contribution in [3.8, 4) is 0 Å². The minimum absolute atomic E-state index is 0.170. The van der Waals surface area contributed by atoms with Crippen molar-refractivity contribution in [2.75, 3.05) is 6.61 Å². The van der Waals surface area contributed by atoms with Gasteiger partial charge in [0, 0.05) is 12.1 Å². The van der Waals surface area contributed by atoms with Crippen LogP contribution in [0.15, 0.2) is 30.3 Å². The van der Waals surface area contributed by atoms with Gasteiger partial charge in [-0.3, -0.25) is 0 Å². The van der Waals surface area contributed by atoms with Gasteiger partial charge >= 0.3 is 0 Å². The van der Waals surface area contributed by atoms with Crippen molar-refractivity contribution in [3.63, 3.8) is 0 Å². The summed E-state index contributed by atoms with van der Waals surface area (Å²) in [6, 6.07) is 11.0. The van der Waals surface area contributed by atoms with Gasteiger partial charge in [0.1, 0.15) is 0 Å². The summed E-state index contributed by atoms with van der Waals surface area (Å²) < 4.78 is 0. The Kier molecular flexibility index (Phi) is 6.12. The average molecular weight is 221 g/mol. The first-order chi connectivity index (χ1) is 7.76. The second-order valence-electron chi connectivity index (χ2n) is 4.43. The Balaban J connectivity index is 2.43. The molecule has 0 saturated heterocycles. The molecular weight excluding hydrogens is 198 g/mol. The van der Waals surface area contributed by atoms with Gasteiger partial charge in [-0.15, -0.1) is 0 Å². The third-order valence-electron chi connectivity index (χ3n) is 2.79. The number of hydrogen-bond donors (Lipinski definition) is 2. The van der Waals surface area contributed by atoms with E-state index in [-0.39, 0.29) is 12.6 Å². The van der Waals surface area contributed by atoms with Crippen molar-refractivity contribution in [1.29, 1.82) is 0 Å². The Labute approximate surface area is 98.7 Å². The van der Waals surface area contributed by atoms with Crippen LogP contribution in [0.4, 0.5) is 0 Å². The summed E-state index contributed by atoms with van der Waals surface area (Å²) in [7, 11) is 0. The second-order valence-corrected chi connectivity index (χ2v) is 4.43. The maximum atomic E-state index is 9.34. The molecule has 1 aromatic rings. The molecule has 0 heterocycles. The summed E-state index contributed by atoms with van der Waals surface area (Å²) in [5, 5.41) is 12.8. The Morgan fingerprint density at radius 1 is 1.25 bits per heavy atom. The molecule has 1 aromatic carbocycles. The SMILES string of the molecule is CCCC(C)N[C@@H](CO)Cc1ccccc1. The highest BCUT2D eigenvalue weighted by molar-refractivity contribution is 5.15. The molecule has 0 aliphatic heterocycles. The molecule has 1 unspecified atom stereocenters. The van der Waals surface area contributed by atoms with E-state index in [2.05, 4.69) is 31.3 Å². The zero-order chi connectivity index (χ0) is 11.8. The second kappa shape index (κ2) is 7.42. The van der Waals surface area contributed by atoms with E-state index >= 15 is 0 Å². The molecule has 0 aliphatic carbocycles. The van der Waals surface area contributed by atoms with Gasteiger partial charge in [0.2, 0.25) is 0 Å². The van der Waals surface area contributed by atoms with Gasteiger partial charge in [-0.05, 0) is 25.3 Å². The van der Waals surface area contributed by atoms with Crippen LogP contribution in [0.2, 0.25) is 0 Å². The summed E-state index contributed by atoms with van der Waals surface area (Å²) >= 11 is 0. The molecule has 2 heteroatoms. The van der Waals surface area contributed by atoms with Gasteiger partial charge in [0.15, 0.2) is 0 Å². The fraction of sp³-hybridized carbons (Fsp3) is 0.571. The fourth-order valence-corrected chi connectivity index (χ4v) is 1.99. The molecular formula is C14H23NO. The van der Waals surface area contributed by atoms with E-state index in [1.807, 2.05) is 18.2 Å². The number of aliphatic hydroxyl groups excluding tert-OH is 1. The Bertz CT molecular complexity index is 273. The molecule has 90 valence electrons. The molecule has 0 aliphatic rings. The van der Waals surface area contributed by atoms with Crippen molar-refractivity contribution in [2.45, 2.75) is 45.2 Å². The monoisotopic (exact) mass is 221 g/mol. The van der Waals surface area contributed by atoms with E-state index in [9.17, 15) is 5.11 Å². The minimum Gasteiger partial charge on any atom is -0.395 e. The fourth-order valence-electron chi connectivity index (χ4n) is 1.99. The summed E-state index contributed by atoms with van der Waals surface area (Å²) in [4.78, 5) is 0.